The highest BCUT2D eigenvalue weighted by molar-refractivity contribution is 5.27. The van der Waals surface area contributed by atoms with Gasteiger partial charge in [-0.1, -0.05) is 57.6 Å². The molecule has 4 fully saturated rings. The van der Waals surface area contributed by atoms with Crippen LogP contribution in [0.4, 0.5) is 0 Å². The third-order valence-electron chi connectivity index (χ3n) is 8.24. The van der Waals surface area contributed by atoms with E-state index < -0.39 is 0 Å². The highest BCUT2D eigenvalue weighted by Gasteiger charge is 2.53. The average molecular weight is 398 g/mol. The van der Waals surface area contributed by atoms with Crippen LogP contribution in [-0.2, 0) is 6.54 Å². The molecule has 2 nitrogen and oxygen atoms in total. The lowest BCUT2D eigenvalue weighted by atomic mass is 9.52. The van der Waals surface area contributed by atoms with Crippen molar-refractivity contribution in [3.63, 3.8) is 0 Å². The molecule has 0 spiro atoms. The molecule has 0 aliphatic heterocycles. The lowest BCUT2D eigenvalue weighted by Crippen LogP contribution is -2.59. The third-order valence-corrected chi connectivity index (χ3v) is 8.24. The molecule has 1 aromatic rings. The molecular weight excluding hydrogens is 354 g/mol. The Bertz CT molecular complexity index is 587. The standard InChI is InChI=1S/C27H43NO/c1-3-4-5-6-7-8-9-14-28(21-22-10-12-26(29-2)13-11-22)27-18-23-15-24(19-27)17-25(16-23)20-27/h10-13,23-25H,3-9,14-21H2,1-2H3. The van der Waals surface area contributed by atoms with Crippen molar-refractivity contribution in [1.29, 1.82) is 0 Å². The van der Waals surface area contributed by atoms with Crippen LogP contribution >= 0.6 is 0 Å². The van der Waals surface area contributed by atoms with Gasteiger partial charge in [-0.05, 0) is 86.9 Å². The van der Waals surface area contributed by atoms with Gasteiger partial charge in [0.2, 0.25) is 0 Å². The van der Waals surface area contributed by atoms with Gasteiger partial charge in [0.1, 0.15) is 5.75 Å². The molecule has 2 heteroatoms. The van der Waals surface area contributed by atoms with Gasteiger partial charge in [-0.15, -0.1) is 0 Å². The Hall–Kier alpha value is -1.02. The Morgan fingerprint density at radius 1 is 0.828 bits per heavy atom. The van der Waals surface area contributed by atoms with Crippen molar-refractivity contribution in [3.05, 3.63) is 29.8 Å². The van der Waals surface area contributed by atoms with Gasteiger partial charge in [0.15, 0.2) is 0 Å². The van der Waals surface area contributed by atoms with Crippen LogP contribution in [0.5, 0.6) is 5.75 Å². The van der Waals surface area contributed by atoms with Gasteiger partial charge in [-0.3, -0.25) is 4.90 Å². The molecule has 4 aliphatic carbocycles. The molecule has 162 valence electrons. The number of methoxy groups -OCH3 is 1. The van der Waals surface area contributed by atoms with E-state index in [0.717, 1.165) is 30.0 Å². The van der Waals surface area contributed by atoms with Crippen molar-refractivity contribution in [2.24, 2.45) is 17.8 Å². The van der Waals surface area contributed by atoms with Crippen LogP contribution in [0, 0.1) is 17.8 Å². The van der Waals surface area contributed by atoms with E-state index in [4.69, 9.17) is 4.74 Å². The second-order valence-corrected chi connectivity index (χ2v) is 10.5. The zero-order valence-electron chi connectivity index (χ0n) is 19.0. The Labute approximate surface area is 179 Å². The van der Waals surface area contributed by atoms with E-state index >= 15 is 0 Å². The van der Waals surface area contributed by atoms with Crippen LogP contribution in [0.3, 0.4) is 0 Å². The first kappa shape index (κ1) is 21.2. The summed E-state index contributed by atoms with van der Waals surface area (Å²) < 4.78 is 5.38. The predicted molar refractivity (Wildman–Crippen MR) is 122 cm³/mol. The second kappa shape index (κ2) is 9.86. The van der Waals surface area contributed by atoms with Crippen LogP contribution in [0.15, 0.2) is 24.3 Å². The first-order valence-electron chi connectivity index (χ1n) is 12.6. The van der Waals surface area contributed by atoms with Crippen molar-refractivity contribution >= 4 is 0 Å². The van der Waals surface area contributed by atoms with E-state index in [2.05, 4.69) is 36.1 Å². The molecule has 0 N–H and O–H groups in total. The van der Waals surface area contributed by atoms with E-state index in [1.54, 1.807) is 7.11 Å². The monoisotopic (exact) mass is 397 g/mol. The number of nitrogens with zero attached hydrogens (tertiary/aromatic N) is 1. The summed E-state index contributed by atoms with van der Waals surface area (Å²) in [7, 11) is 1.76. The maximum absolute atomic E-state index is 5.38. The lowest BCUT2D eigenvalue weighted by Gasteiger charge is -2.60. The van der Waals surface area contributed by atoms with E-state index in [-0.39, 0.29) is 0 Å². The predicted octanol–water partition coefficient (Wildman–Crippen LogP) is 7.22. The molecule has 0 saturated heterocycles. The molecule has 29 heavy (non-hydrogen) atoms. The van der Waals surface area contributed by atoms with Gasteiger partial charge in [-0.2, -0.15) is 0 Å². The summed E-state index contributed by atoms with van der Waals surface area (Å²) in [6.45, 7) is 4.74. The smallest absolute Gasteiger partial charge is 0.118 e. The van der Waals surface area contributed by atoms with Gasteiger partial charge in [-0.25, -0.2) is 0 Å². The van der Waals surface area contributed by atoms with E-state index in [0.29, 0.717) is 5.54 Å². The quantitative estimate of drug-likeness (QED) is 0.345. The fourth-order valence-corrected chi connectivity index (χ4v) is 7.15. The van der Waals surface area contributed by atoms with Crippen LogP contribution in [0.25, 0.3) is 0 Å². The summed E-state index contributed by atoms with van der Waals surface area (Å²) in [4.78, 5) is 2.95. The number of hydrogen-bond donors (Lipinski definition) is 0. The van der Waals surface area contributed by atoms with Crippen LogP contribution < -0.4 is 4.74 Å². The van der Waals surface area contributed by atoms with Crippen molar-refractivity contribution < 1.29 is 4.74 Å². The SMILES string of the molecule is CCCCCCCCCN(Cc1ccc(OC)cc1)C12CC3CC(CC(C3)C1)C2. The maximum Gasteiger partial charge on any atom is 0.118 e. The summed E-state index contributed by atoms with van der Waals surface area (Å²) in [5.74, 6) is 4.04. The summed E-state index contributed by atoms with van der Waals surface area (Å²) >= 11 is 0. The van der Waals surface area contributed by atoms with Crippen LogP contribution in [-0.4, -0.2) is 24.1 Å². The molecule has 0 aromatic heterocycles. The minimum atomic E-state index is 0.511. The van der Waals surface area contributed by atoms with Gasteiger partial charge >= 0.3 is 0 Å². The molecule has 0 amide bonds. The summed E-state index contributed by atoms with van der Waals surface area (Å²) in [6, 6.07) is 8.86. The molecule has 4 bridgehead atoms. The number of rotatable bonds is 12. The first-order valence-corrected chi connectivity index (χ1v) is 12.6. The van der Waals surface area contributed by atoms with Gasteiger partial charge in [0, 0.05) is 12.1 Å². The zero-order chi connectivity index (χ0) is 20.1. The Kier molecular flexibility index (Phi) is 7.21. The topological polar surface area (TPSA) is 12.5 Å². The highest BCUT2D eigenvalue weighted by atomic mass is 16.5. The van der Waals surface area contributed by atoms with E-state index in [1.165, 1.54) is 95.6 Å². The zero-order valence-corrected chi connectivity index (χ0v) is 19.0. The fraction of sp³-hybridized carbons (Fsp3) is 0.778. The van der Waals surface area contributed by atoms with E-state index in [9.17, 15) is 0 Å². The van der Waals surface area contributed by atoms with Gasteiger partial charge in [0.25, 0.3) is 0 Å². The molecule has 5 rings (SSSR count). The third kappa shape index (κ3) is 5.19. The minimum absolute atomic E-state index is 0.511. The van der Waals surface area contributed by atoms with Gasteiger partial charge < -0.3 is 4.74 Å². The number of hydrogen-bond acceptors (Lipinski definition) is 2. The number of unbranched alkanes of at least 4 members (excludes halogenated alkanes) is 6. The molecule has 1 aromatic carbocycles. The van der Waals surface area contributed by atoms with Crippen LogP contribution in [0.2, 0.25) is 0 Å². The Balaban J connectivity index is 1.39. The summed E-state index contributed by atoms with van der Waals surface area (Å²) in [5.41, 5.74) is 1.97. The molecule has 0 unspecified atom stereocenters. The Morgan fingerprint density at radius 2 is 1.38 bits per heavy atom. The summed E-state index contributed by atoms with van der Waals surface area (Å²) in [5, 5.41) is 0. The average Bonchev–Trinajstić information content (AvgIpc) is 2.71. The molecule has 0 heterocycles. The van der Waals surface area contributed by atoms with Crippen molar-refractivity contribution in [3.8, 4) is 5.75 Å². The van der Waals surface area contributed by atoms with Gasteiger partial charge in [0.05, 0.1) is 7.11 Å². The lowest BCUT2D eigenvalue weighted by molar-refractivity contribution is -0.0929. The fourth-order valence-electron chi connectivity index (χ4n) is 7.15. The summed E-state index contributed by atoms with van der Waals surface area (Å²) in [6.07, 6.45) is 18.9. The van der Waals surface area contributed by atoms with Crippen molar-refractivity contribution in [2.75, 3.05) is 13.7 Å². The molecule has 0 radical (unpaired) electrons. The minimum Gasteiger partial charge on any atom is -0.497 e. The number of benzene rings is 1. The molecule has 4 saturated carbocycles. The second-order valence-electron chi connectivity index (χ2n) is 10.5. The molecular formula is C27H43NO. The van der Waals surface area contributed by atoms with Crippen molar-refractivity contribution in [2.45, 2.75) is 102 Å². The largest absolute Gasteiger partial charge is 0.497 e. The highest BCUT2D eigenvalue weighted by Crippen LogP contribution is 2.58. The van der Waals surface area contributed by atoms with E-state index in [1.807, 2.05) is 0 Å². The molecule has 0 atom stereocenters. The maximum atomic E-state index is 5.38. The van der Waals surface area contributed by atoms with Crippen LogP contribution in [0.1, 0.15) is 96.0 Å². The Morgan fingerprint density at radius 3 is 1.93 bits per heavy atom. The number of ether oxygens (including phenoxy) is 1. The first-order chi connectivity index (χ1) is 14.2. The van der Waals surface area contributed by atoms with Crippen molar-refractivity contribution in [1.82, 2.24) is 4.90 Å². The molecule has 4 aliphatic rings. The normalized spacial score (nSPS) is 30.2.